The van der Waals surface area contributed by atoms with E-state index in [9.17, 15) is 9.59 Å². The monoisotopic (exact) mass is 506 g/mol. The van der Waals surface area contributed by atoms with E-state index in [1.165, 1.54) is 4.90 Å². The van der Waals surface area contributed by atoms with Crippen LogP contribution in [-0.4, -0.2) is 50.1 Å². The van der Waals surface area contributed by atoms with E-state index in [0.717, 1.165) is 22.9 Å². The number of unbranched alkanes of at least 4 members (excludes halogenated alkanes) is 1. The number of amides is 2. The molecule has 2 aromatic carbocycles. The third-order valence-corrected chi connectivity index (χ3v) is 5.42. The smallest absolute Gasteiger partial charge is 0.261 e. The van der Waals surface area contributed by atoms with Gasteiger partial charge in [0.15, 0.2) is 6.61 Å². The highest BCUT2D eigenvalue weighted by atomic mass is 79.9. The van der Waals surface area contributed by atoms with Crippen molar-refractivity contribution in [3.05, 3.63) is 52.5 Å². The summed E-state index contributed by atoms with van der Waals surface area (Å²) in [6, 6.07) is 12.1. The van der Waals surface area contributed by atoms with Gasteiger partial charge >= 0.3 is 0 Å². The van der Waals surface area contributed by atoms with Gasteiger partial charge in [-0.3, -0.25) is 9.59 Å². The van der Waals surface area contributed by atoms with Crippen molar-refractivity contribution in [2.45, 2.75) is 39.3 Å². The number of hydrogen-bond acceptors (Lipinski definition) is 5. The molecular formula is C24H31BrN2O5. The first-order chi connectivity index (χ1) is 15.4. The second-order valence-corrected chi connectivity index (χ2v) is 8.22. The lowest BCUT2D eigenvalue weighted by molar-refractivity contribution is -0.142. The molecule has 0 spiro atoms. The molecule has 0 saturated carbocycles. The van der Waals surface area contributed by atoms with Crippen molar-refractivity contribution in [2.24, 2.45) is 0 Å². The molecule has 0 heterocycles. The zero-order chi connectivity index (χ0) is 23.5. The van der Waals surface area contributed by atoms with Gasteiger partial charge in [0.05, 0.1) is 14.2 Å². The van der Waals surface area contributed by atoms with Gasteiger partial charge in [-0.1, -0.05) is 41.4 Å². The van der Waals surface area contributed by atoms with Gasteiger partial charge in [-0.15, -0.1) is 0 Å². The SMILES string of the molecule is CCCCNC(=O)C(C)N(Cc1cccc(Br)c1)C(=O)COc1cc(OC)cc(OC)c1. The van der Waals surface area contributed by atoms with Crippen LogP contribution in [0.5, 0.6) is 17.2 Å². The van der Waals surface area contributed by atoms with Gasteiger partial charge in [0, 0.05) is 35.8 Å². The largest absolute Gasteiger partial charge is 0.496 e. The zero-order valence-electron chi connectivity index (χ0n) is 19.0. The summed E-state index contributed by atoms with van der Waals surface area (Å²) >= 11 is 3.45. The molecule has 32 heavy (non-hydrogen) atoms. The van der Waals surface area contributed by atoms with E-state index >= 15 is 0 Å². The van der Waals surface area contributed by atoms with E-state index < -0.39 is 6.04 Å². The number of ether oxygens (including phenoxy) is 3. The highest BCUT2D eigenvalue weighted by molar-refractivity contribution is 9.10. The van der Waals surface area contributed by atoms with E-state index in [4.69, 9.17) is 14.2 Å². The van der Waals surface area contributed by atoms with Gasteiger partial charge in [-0.25, -0.2) is 0 Å². The molecule has 1 atom stereocenters. The van der Waals surface area contributed by atoms with Gasteiger partial charge < -0.3 is 24.4 Å². The molecule has 0 aromatic heterocycles. The second kappa shape index (κ2) is 13.0. The van der Waals surface area contributed by atoms with Crippen LogP contribution in [0.4, 0.5) is 0 Å². The van der Waals surface area contributed by atoms with Crippen molar-refractivity contribution < 1.29 is 23.8 Å². The molecule has 0 aliphatic carbocycles. The molecule has 2 aromatic rings. The molecule has 1 unspecified atom stereocenters. The van der Waals surface area contributed by atoms with Crippen LogP contribution < -0.4 is 19.5 Å². The predicted molar refractivity (Wildman–Crippen MR) is 127 cm³/mol. The van der Waals surface area contributed by atoms with E-state index in [2.05, 4.69) is 28.2 Å². The summed E-state index contributed by atoms with van der Waals surface area (Å²) in [5.41, 5.74) is 0.906. The summed E-state index contributed by atoms with van der Waals surface area (Å²) in [7, 11) is 3.09. The molecule has 0 aliphatic heterocycles. The van der Waals surface area contributed by atoms with Crippen LogP contribution in [0.1, 0.15) is 32.3 Å². The van der Waals surface area contributed by atoms with Gasteiger partial charge in [0.25, 0.3) is 5.91 Å². The maximum atomic E-state index is 13.1. The van der Waals surface area contributed by atoms with E-state index in [1.807, 2.05) is 24.3 Å². The van der Waals surface area contributed by atoms with Crippen LogP contribution >= 0.6 is 15.9 Å². The minimum atomic E-state index is -0.651. The molecule has 2 amide bonds. The summed E-state index contributed by atoms with van der Waals surface area (Å²) in [5, 5.41) is 2.90. The number of nitrogens with zero attached hydrogens (tertiary/aromatic N) is 1. The molecule has 8 heteroatoms. The third-order valence-electron chi connectivity index (χ3n) is 4.93. The summed E-state index contributed by atoms with van der Waals surface area (Å²) in [6.45, 7) is 4.43. The molecule has 174 valence electrons. The van der Waals surface area contributed by atoms with Crippen molar-refractivity contribution in [1.29, 1.82) is 0 Å². The van der Waals surface area contributed by atoms with Crippen molar-refractivity contribution >= 4 is 27.7 Å². The molecule has 7 nitrogen and oxygen atoms in total. The summed E-state index contributed by atoms with van der Waals surface area (Å²) in [4.78, 5) is 27.3. The van der Waals surface area contributed by atoms with Gasteiger partial charge in [-0.2, -0.15) is 0 Å². The number of benzene rings is 2. The number of halogens is 1. The Morgan fingerprint density at radius 3 is 2.31 bits per heavy atom. The Morgan fingerprint density at radius 2 is 1.72 bits per heavy atom. The first-order valence-corrected chi connectivity index (χ1v) is 11.3. The highest BCUT2D eigenvalue weighted by Gasteiger charge is 2.26. The Bertz CT molecular complexity index is 883. The standard InChI is InChI=1S/C24H31BrN2O5/c1-5-6-10-26-24(29)17(2)27(15-18-8-7-9-19(25)11-18)23(28)16-32-22-13-20(30-3)12-21(14-22)31-4/h7-9,11-14,17H,5-6,10,15-16H2,1-4H3,(H,26,29). The van der Waals surface area contributed by atoms with Gasteiger partial charge in [0.2, 0.25) is 5.91 Å². The van der Waals surface area contributed by atoms with Crippen LogP contribution in [0.3, 0.4) is 0 Å². The van der Waals surface area contributed by atoms with E-state index in [-0.39, 0.29) is 25.0 Å². The molecule has 1 N–H and O–H groups in total. The number of nitrogens with one attached hydrogen (secondary N) is 1. The van der Waals surface area contributed by atoms with Gasteiger partial charge in [0.1, 0.15) is 23.3 Å². The first kappa shape index (κ1) is 25.5. The molecular weight excluding hydrogens is 476 g/mol. The second-order valence-electron chi connectivity index (χ2n) is 7.31. The summed E-state index contributed by atoms with van der Waals surface area (Å²) < 4.78 is 17.1. The molecule has 0 saturated heterocycles. The average Bonchev–Trinajstić information content (AvgIpc) is 2.80. The number of methoxy groups -OCH3 is 2. The fourth-order valence-corrected chi connectivity index (χ4v) is 3.49. The topological polar surface area (TPSA) is 77.1 Å². The van der Waals surface area contributed by atoms with Crippen LogP contribution in [0.15, 0.2) is 46.9 Å². The Hall–Kier alpha value is -2.74. The van der Waals surface area contributed by atoms with Crippen molar-refractivity contribution in [3.63, 3.8) is 0 Å². The van der Waals surface area contributed by atoms with Crippen LogP contribution in [0, 0.1) is 0 Å². The quantitative estimate of drug-likeness (QED) is 0.437. The number of carbonyl (C=O) groups is 2. The summed E-state index contributed by atoms with van der Waals surface area (Å²) in [6.07, 6.45) is 1.87. The van der Waals surface area contributed by atoms with Crippen LogP contribution in [-0.2, 0) is 16.1 Å². The van der Waals surface area contributed by atoms with E-state index in [0.29, 0.717) is 23.8 Å². The highest BCUT2D eigenvalue weighted by Crippen LogP contribution is 2.27. The Balaban J connectivity index is 2.16. The average molecular weight is 507 g/mol. The first-order valence-electron chi connectivity index (χ1n) is 10.6. The van der Waals surface area contributed by atoms with Crippen molar-refractivity contribution in [2.75, 3.05) is 27.4 Å². The van der Waals surface area contributed by atoms with Crippen LogP contribution in [0.25, 0.3) is 0 Å². The van der Waals surface area contributed by atoms with E-state index in [1.54, 1.807) is 39.3 Å². The number of carbonyl (C=O) groups excluding carboxylic acids is 2. The predicted octanol–water partition coefficient (Wildman–Crippen LogP) is 4.18. The molecule has 0 aliphatic rings. The Labute approximate surface area is 198 Å². The summed E-state index contributed by atoms with van der Waals surface area (Å²) in [5.74, 6) is 1.06. The molecule has 0 bridgehead atoms. The zero-order valence-corrected chi connectivity index (χ0v) is 20.6. The molecule has 2 rings (SSSR count). The lowest BCUT2D eigenvalue weighted by Gasteiger charge is -2.29. The number of hydrogen-bond donors (Lipinski definition) is 1. The third kappa shape index (κ3) is 7.75. The minimum absolute atomic E-state index is 0.190. The lowest BCUT2D eigenvalue weighted by Crippen LogP contribution is -2.49. The number of rotatable bonds is 12. The Morgan fingerprint density at radius 1 is 1.06 bits per heavy atom. The fourth-order valence-electron chi connectivity index (χ4n) is 3.04. The normalized spacial score (nSPS) is 11.4. The maximum Gasteiger partial charge on any atom is 0.261 e. The van der Waals surface area contributed by atoms with Crippen molar-refractivity contribution in [1.82, 2.24) is 10.2 Å². The maximum absolute atomic E-state index is 13.1. The molecule has 0 fully saturated rings. The molecule has 0 radical (unpaired) electrons. The van der Waals surface area contributed by atoms with Crippen LogP contribution in [0.2, 0.25) is 0 Å². The van der Waals surface area contributed by atoms with Gasteiger partial charge in [-0.05, 0) is 31.0 Å². The minimum Gasteiger partial charge on any atom is -0.496 e. The Kier molecular flexibility index (Phi) is 10.3. The van der Waals surface area contributed by atoms with Crippen molar-refractivity contribution in [3.8, 4) is 17.2 Å². The lowest BCUT2D eigenvalue weighted by atomic mass is 10.1. The fraction of sp³-hybridized carbons (Fsp3) is 0.417.